The largest absolute Gasteiger partial charge is 0.493 e. The van der Waals surface area contributed by atoms with E-state index in [4.69, 9.17) is 9.47 Å². The highest BCUT2D eigenvalue weighted by atomic mass is 16.5. The molecular weight excluding hydrogens is 316 g/mol. The van der Waals surface area contributed by atoms with Gasteiger partial charge in [-0.3, -0.25) is 4.99 Å². The van der Waals surface area contributed by atoms with Crippen molar-refractivity contribution in [3.05, 3.63) is 18.2 Å². The molecule has 140 valence electrons. The molecular formula is C19H32N4O2. The smallest absolute Gasteiger partial charge is 0.195 e. The second-order valence-electron chi connectivity index (χ2n) is 6.34. The van der Waals surface area contributed by atoms with Gasteiger partial charge < -0.3 is 25.0 Å². The van der Waals surface area contributed by atoms with Crippen LogP contribution in [-0.2, 0) is 0 Å². The van der Waals surface area contributed by atoms with Crippen molar-refractivity contribution in [3.63, 3.8) is 0 Å². The Labute approximate surface area is 151 Å². The molecule has 1 aliphatic carbocycles. The van der Waals surface area contributed by atoms with Crippen LogP contribution in [0.5, 0.6) is 11.5 Å². The third kappa shape index (κ3) is 5.81. The van der Waals surface area contributed by atoms with Gasteiger partial charge >= 0.3 is 0 Å². The Morgan fingerprint density at radius 1 is 1.28 bits per heavy atom. The first kappa shape index (κ1) is 19.4. The standard InChI is InChI=1S/C19H32N4O2/c1-5-25-18-14-15(10-11-17(18)24-4)22-19(20-2)21-12-13-23(3)16-8-6-7-9-16/h10-11,14,16H,5-9,12-13H2,1-4H3,(H2,20,21,22). The summed E-state index contributed by atoms with van der Waals surface area (Å²) in [7, 11) is 5.64. The number of nitrogens with one attached hydrogen (secondary N) is 2. The van der Waals surface area contributed by atoms with E-state index >= 15 is 0 Å². The maximum absolute atomic E-state index is 5.62. The van der Waals surface area contributed by atoms with E-state index in [1.54, 1.807) is 14.2 Å². The van der Waals surface area contributed by atoms with Crippen molar-refractivity contribution in [1.29, 1.82) is 0 Å². The van der Waals surface area contributed by atoms with Crippen molar-refractivity contribution in [1.82, 2.24) is 10.2 Å². The van der Waals surface area contributed by atoms with Crippen LogP contribution in [0.4, 0.5) is 5.69 Å². The van der Waals surface area contributed by atoms with Crippen molar-refractivity contribution in [3.8, 4) is 11.5 Å². The van der Waals surface area contributed by atoms with Gasteiger partial charge in [0.15, 0.2) is 17.5 Å². The fourth-order valence-electron chi connectivity index (χ4n) is 3.22. The van der Waals surface area contributed by atoms with Gasteiger partial charge in [-0.05, 0) is 38.9 Å². The predicted molar refractivity (Wildman–Crippen MR) is 104 cm³/mol. The summed E-state index contributed by atoms with van der Waals surface area (Å²) < 4.78 is 10.9. The third-order valence-corrected chi connectivity index (χ3v) is 4.65. The van der Waals surface area contributed by atoms with Crippen molar-refractivity contribution < 1.29 is 9.47 Å². The van der Waals surface area contributed by atoms with Gasteiger partial charge in [-0.15, -0.1) is 0 Å². The third-order valence-electron chi connectivity index (χ3n) is 4.65. The molecule has 6 nitrogen and oxygen atoms in total. The van der Waals surface area contributed by atoms with Crippen molar-refractivity contribution >= 4 is 11.6 Å². The summed E-state index contributed by atoms with van der Waals surface area (Å²) in [6, 6.07) is 6.53. The molecule has 25 heavy (non-hydrogen) atoms. The minimum atomic E-state index is 0.598. The van der Waals surface area contributed by atoms with Crippen LogP contribution in [0.2, 0.25) is 0 Å². The van der Waals surface area contributed by atoms with Crippen molar-refractivity contribution in [2.75, 3.05) is 46.2 Å². The normalized spacial score (nSPS) is 15.5. The van der Waals surface area contributed by atoms with Gasteiger partial charge in [0.2, 0.25) is 0 Å². The first-order chi connectivity index (χ1) is 12.2. The molecule has 0 spiro atoms. The number of rotatable bonds is 8. The molecule has 1 aromatic carbocycles. The van der Waals surface area contributed by atoms with Crippen LogP contribution in [0.25, 0.3) is 0 Å². The average molecular weight is 348 g/mol. The summed E-state index contributed by atoms with van der Waals surface area (Å²) in [5.74, 6) is 2.22. The van der Waals surface area contributed by atoms with Gasteiger partial charge in [0, 0.05) is 37.9 Å². The van der Waals surface area contributed by atoms with Crippen LogP contribution in [0.3, 0.4) is 0 Å². The van der Waals surface area contributed by atoms with Gasteiger partial charge in [-0.25, -0.2) is 0 Å². The monoisotopic (exact) mass is 348 g/mol. The lowest BCUT2D eigenvalue weighted by Gasteiger charge is -2.24. The highest BCUT2D eigenvalue weighted by Crippen LogP contribution is 2.30. The van der Waals surface area contributed by atoms with Crippen molar-refractivity contribution in [2.45, 2.75) is 38.6 Å². The number of methoxy groups -OCH3 is 1. The molecule has 0 heterocycles. The first-order valence-corrected chi connectivity index (χ1v) is 9.16. The number of aliphatic imine (C=N–C) groups is 1. The topological polar surface area (TPSA) is 58.1 Å². The van der Waals surface area contributed by atoms with E-state index in [2.05, 4.69) is 27.6 Å². The number of anilines is 1. The fourth-order valence-corrected chi connectivity index (χ4v) is 3.22. The maximum atomic E-state index is 5.62. The Morgan fingerprint density at radius 2 is 2.04 bits per heavy atom. The second-order valence-corrected chi connectivity index (χ2v) is 6.34. The number of guanidine groups is 1. The van der Waals surface area contributed by atoms with E-state index in [-0.39, 0.29) is 0 Å². The first-order valence-electron chi connectivity index (χ1n) is 9.16. The maximum Gasteiger partial charge on any atom is 0.195 e. The van der Waals surface area contributed by atoms with Crippen LogP contribution in [0, 0.1) is 0 Å². The molecule has 1 saturated carbocycles. The molecule has 1 aliphatic rings. The van der Waals surface area contributed by atoms with Gasteiger partial charge in [0.05, 0.1) is 13.7 Å². The Bertz CT molecular complexity index is 556. The molecule has 0 amide bonds. The molecule has 0 atom stereocenters. The Hall–Kier alpha value is -1.95. The summed E-state index contributed by atoms with van der Waals surface area (Å²) in [5, 5.41) is 6.68. The SMILES string of the molecule is CCOc1cc(NC(=NC)NCCN(C)C2CCCC2)ccc1OC. The second kappa shape index (κ2) is 10.1. The molecule has 0 aromatic heterocycles. The molecule has 1 aromatic rings. The van der Waals surface area contributed by atoms with E-state index in [0.717, 1.165) is 42.3 Å². The number of hydrogen-bond donors (Lipinski definition) is 2. The Kier molecular flexibility index (Phi) is 7.85. The summed E-state index contributed by atoms with van der Waals surface area (Å²) in [4.78, 5) is 6.75. The number of benzene rings is 1. The molecule has 0 saturated heterocycles. The quantitative estimate of drug-likeness (QED) is 0.559. The molecule has 0 bridgehead atoms. The molecule has 0 aliphatic heterocycles. The van der Waals surface area contributed by atoms with Crippen molar-refractivity contribution in [2.24, 2.45) is 4.99 Å². The number of nitrogens with zero attached hydrogens (tertiary/aromatic N) is 2. The van der Waals surface area contributed by atoms with Crippen LogP contribution in [0.1, 0.15) is 32.6 Å². The molecule has 0 unspecified atom stereocenters. The van der Waals surface area contributed by atoms with Crippen LogP contribution >= 0.6 is 0 Å². The minimum absolute atomic E-state index is 0.598. The molecule has 2 N–H and O–H groups in total. The van der Waals surface area contributed by atoms with E-state index in [9.17, 15) is 0 Å². The average Bonchev–Trinajstić information content (AvgIpc) is 3.16. The fraction of sp³-hybridized carbons (Fsp3) is 0.632. The minimum Gasteiger partial charge on any atom is -0.493 e. The summed E-state index contributed by atoms with van der Waals surface area (Å²) >= 11 is 0. The zero-order valence-electron chi connectivity index (χ0n) is 16.0. The van der Waals surface area contributed by atoms with Crippen LogP contribution in [0.15, 0.2) is 23.2 Å². The molecule has 0 radical (unpaired) electrons. The molecule has 1 fully saturated rings. The van der Waals surface area contributed by atoms with Gasteiger partial charge in [0.1, 0.15) is 0 Å². The van der Waals surface area contributed by atoms with E-state index in [0.29, 0.717) is 6.61 Å². The zero-order chi connectivity index (χ0) is 18.1. The van der Waals surface area contributed by atoms with Gasteiger partial charge in [-0.1, -0.05) is 12.8 Å². The van der Waals surface area contributed by atoms with Crippen LogP contribution < -0.4 is 20.1 Å². The molecule has 2 rings (SSSR count). The van der Waals surface area contributed by atoms with Crippen LogP contribution in [-0.4, -0.2) is 57.8 Å². The highest BCUT2D eigenvalue weighted by molar-refractivity contribution is 5.93. The number of likely N-dealkylation sites (N-methyl/N-ethyl adjacent to an activating group) is 1. The summed E-state index contributed by atoms with van der Waals surface area (Å²) in [6.45, 7) is 4.43. The van der Waals surface area contributed by atoms with Gasteiger partial charge in [-0.2, -0.15) is 0 Å². The van der Waals surface area contributed by atoms with E-state index in [1.807, 2.05) is 25.1 Å². The Morgan fingerprint density at radius 3 is 2.68 bits per heavy atom. The van der Waals surface area contributed by atoms with E-state index < -0.39 is 0 Å². The highest BCUT2D eigenvalue weighted by Gasteiger charge is 2.18. The Balaban J connectivity index is 1.85. The predicted octanol–water partition coefficient (Wildman–Crippen LogP) is 2.96. The van der Waals surface area contributed by atoms with Gasteiger partial charge in [0.25, 0.3) is 0 Å². The molecule has 6 heteroatoms. The van der Waals surface area contributed by atoms with E-state index in [1.165, 1.54) is 25.7 Å². The lowest BCUT2D eigenvalue weighted by molar-refractivity contribution is 0.249. The summed E-state index contributed by atoms with van der Waals surface area (Å²) in [5.41, 5.74) is 0.918. The number of hydrogen-bond acceptors (Lipinski definition) is 4. The zero-order valence-corrected chi connectivity index (χ0v) is 16.0. The number of ether oxygens (including phenoxy) is 2. The summed E-state index contributed by atoms with van der Waals surface area (Å²) in [6.07, 6.45) is 5.39. The lowest BCUT2D eigenvalue weighted by Crippen LogP contribution is -2.39. The lowest BCUT2D eigenvalue weighted by atomic mass is 10.2.